The van der Waals surface area contributed by atoms with Crippen LogP contribution in [0.15, 0.2) is 18.7 Å². The lowest BCUT2D eigenvalue weighted by Crippen LogP contribution is -2.27. The molecule has 0 unspecified atom stereocenters. The van der Waals surface area contributed by atoms with Gasteiger partial charge in [0, 0.05) is 24.2 Å². The van der Waals surface area contributed by atoms with Gasteiger partial charge in [0.05, 0.1) is 12.6 Å². The van der Waals surface area contributed by atoms with Gasteiger partial charge in [-0.2, -0.15) is 0 Å². The van der Waals surface area contributed by atoms with Crippen LogP contribution in [0.5, 0.6) is 0 Å². The van der Waals surface area contributed by atoms with Crippen LogP contribution in [0.3, 0.4) is 0 Å². The van der Waals surface area contributed by atoms with Gasteiger partial charge in [0.2, 0.25) is 0 Å². The number of rotatable bonds is 6. The van der Waals surface area contributed by atoms with Crippen molar-refractivity contribution in [2.75, 3.05) is 5.32 Å². The number of nitrogens with one attached hydrogen (secondary N) is 1. The van der Waals surface area contributed by atoms with Crippen LogP contribution in [0.2, 0.25) is 0 Å². The second-order valence-corrected chi connectivity index (χ2v) is 5.44. The van der Waals surface area contributed by atoms with Crippen molar-refractivity contribution in [3.8, 4) is 0 Å². The summed E-state index contributed by atoms with van der Waals surface area (Å²) in [4.78, 5) is 8.52. The van der Waals surface area contributed by atoms with Crippen molar-refractivity contribution in [3.63, 3.8) is 0 Å². The average molecular weight is 288 g/mol. The van der Waals surface area contributed by atoms with Gasteiger partial charge < -0.3 is 15.0 Å². The Labute approximate surface area is 123 Å². The Kier molecular flexibility index (Phi) is 4.10. The van der Waals surface area contributed by atoms with Crippen molar-refractivity contribution in [1.29, 1.82) is 0 Å². The predicted octanol–water partition coefficient (Wildman–Crippen LogP) is 1.33. The number of aliphatic hydroxyl groups is 1. The molecule has 21 heavy (non-hydrogen) atoms. The van der Waals surface area contributed by atoms with E-state index in [9.17, 15) is 5.11 Å². The zero-order valence-corrected chi connectivity index (χ0v) is 12.1. The summed E-state index contributed by atoms with van der Waals surface area (Å²) in [6.45, 7) is 3.63. The smallest absolute Gasteiger partial charge is 0.152 e. The molecule has 0 aliphatic heterocycles. The lowest BCUT2D eigenvalue weighted by molar-refractivity contribution is 0.0732. The minimum absolute atomic E-state index is 0.172. The number of hydrogen-bond acceptors (Lipinski definition) is 6. The van der Waals surface area contributed by atoms with Crippen LogP contribution in [0.1, 0.15) is 43.6 Å². The molecule has 3 rings (SSSR count). The fraction of sp³-hybridized carbons (Fsp3) is 0.571. The molecule has 0 bridgehead atoms. The summed E-state index contributed by atoms with van der Waals surface area (Å²) in [5.41, 5.74) is 0.993. The summed E-state index contributed by atoms with van der Waals surface area (Å²) >= 11 is 0. The molecule has 2 aromatic heterocycles. The molecule has 1 aliphatic rings. The van der Waals surface area contributed by atoms with Crippen LogP contribution < -0.4 is 5.32 Å². The summed E-state index contributed by atoms with van der Waals surface area (Å²) in [6.07, 6.45) is 5.78. The van der Waals surface area contributed by atoms with Crippen LogP contribution >= 0.6 is 0 Å². The molecule has 1 aliphatic carbocycles. The number of aliphatic hydroxyl groups excluding tert-OH is 1. The predicted molar refractivity (Wildman–Crippen MR) is 77.7 cm³/mol. The van der Waals surface area contributed by atoms with Crippen molar-refractivity contribution in [2.45, 2.75) is 51.3 Å². The number of aromatic nitrogens is 5. The normalized spacial score (nSPS) is 21.0. The molecule has 112 valence electrons. The van der Waals surface area contributed by atoms with Gasteiger partial charge in [-0.1, -0.05) is 6.92 Å². The van der Waals surface area contributed by atoms with Crippen molar-refractivity contribution in [2.24, 2.45) is 0 Å². The Bertz CT molecular complexity index is 593. The monoisotopic (exact) mass is 288 g/mol. The van der Waals surface area contributed by atoms with Gasteiger partial charge in [-0.15, -0.1) is 10.2 Å². The van der Waals surface area contributed by atoms with Crippen molar-refractivity contribution in [1.82, 2.24) is 24.7 Å². The number of nitrogens with zero attached hydrogens (tertiary/aromatic N) is 5. The van der Waals surface area contributed by atoms with E-state index in [-0.39, 0.29) is 6.10 Å². The fourth-order valence-corrected chi connectivity index (χ4v) is 2.53. The maximum absolute atomic E-state index is 9.38. The molecule has 1 saturated carbocycles. The van der Waals surface area contributed by atoms with E-state index in [0.29, 0.717) is 12.5 Å². The summed E-state index contributed by atoms with van der Waals surface area (Å²) < 4.78 is 2.04. The van der Waals surface area contributed by atoms with Crippen LogP contribution in [-0.2, 0) is 13.1 Å². The second-order valence-electron chi connectivity index (χ2n) is 5.44. The van der Waals surface area contributed by atoms with E-state index in [4.69, 9.17) is 0 Å². The first-order valence-electron chi connectivity index (χ1n) is 7.36. The topological polar surface area (TPSA) is 88.8 Å². The third-order valence-corrected chi connectivity index (χ3v) is 3.81. The Morgan fingerprint density at radius 1 is 1.38 bits per heavy atom. The maximum Gasteiger partial charge on any atom is 0.152 e. The van der Waals surface area contributed by atoms with E-state index < -0.39 is 0 Å². The third kappa shape index (κ3) is 3.18. The van der Waals surface area contributed by atoms with E-state index in [0.717, 1.165) is 43.1 Å². The van der Waals surface area contributed by atoms with Crippen molar-refractivity contribution in [3.05, 3.63) is 30.2 Å². The molecular formula is C14H20N6O. The fourth-order valence-electron chi connectivity index (χ4n) is 2.53. The Morgan fingerprint density at radius 3 is 3.00 bits per heavy atom. The first-order valence-corrected chi connectivity index (χ1v) is 7.36. The van der Waals surface area contributed by atoms with Gasteiger partial charge in [0.1, 0.15) is 18.5 Å². The highest BCUT2D eigenvalue weighted by atomic mass is 16.3. The molecule has 2 aromatic rings. The highest BCUT2D eigenvalue weighted by Gasteiger charge is 2.29. The molecule has 0 aromatic carbocycles. The highest BCUT2D eigenvalue weighted by Crippen LogP contribution is 2.35. The van der Waals surface area contributed by atoms with Crippen LogP contribution in [0.4, 0.5) is 5.82 Å². The average Bonchev–Trinajstić information content (AvgIpc) is 2.90. The minimum Gasteiger partial charge on any atom is -0.393 e. The Hall–Kier alpha value is -2.02. The van der Waals surface area contributed by atoms with Gasteiger partial charge >= 0.3 is 0 Å². The SMILES string of the molecule is CCCn1cnnc1CNc1cc(C2CC(O)C2)ncn1. The minimum atomic E-state index is -0.172. The first kappa shape index (κ1) is 13.9. The van der Waals surface area contributed by atoms with Gasteiger partial charge in [-0.3, -0.25) is 0 Å². The maximum atomic E-state index is 9.38. The molecule has 0 amide bonds. The number of aryl methyl sites for hydroxylation is 1. The van der Waals surface area contributed by atoms with E-state index in [1.807, 2.05) is 10.6 Å². The summed E-state index contributed by atoms with van der Waals surface area (Å²) in [5.74, 6) is 2.04. The molecule has 2 heterocycles. The van der Waals surface area contributed by atoms with E-state index in [1.165, 1.54) is 0 Å². The molecule has 0 radical (unpaired) electrons. The van der Waals surface area contributed by atoms with Crippen LogP contribution in [0.25, 0.3) is 0 Å². The van der Waals surface area contributed by atoms with E-state index in [2.05, 4.69) is 32.4 Å². The van der Waals surface area contributed by atoms with Gasteiger partial charge in [0.15, 0.2) is 5.82 Å². The third-order valence-electron chi connectivity index (χ3n) is 3.81. The summed E-state index contributed by atoms with van der Waals surface area (Å²) in [6, 6.07) is 1.96. The zero-order valence-electron chi connectivity index (χ0n) is 12.1. The highest BCUT2D eigenvalue weighted by molar-refractivity contribution is 5.36. The quantitative estimate of drug-likeness (QED) is 0.833. The summed E-state index contributed by atoms with van der Waals surface area (Å²) in [7, 11) is 0. The molecule has 0 saturated heterocycles. The lowest BCUT2D eigenvalue weighted by Gasteiger charge is -2.30. The zero-order chi connectivity index (χ0) is 14.7. The molecule has 2 N–H and O–H groups in total. The first-order chi connectivity index (χ1) is 10.3. The van der Waals surface area contributed by atoms with Gasteiger partial charge in [-0.05, 0) is 19.3 Å². The Morgan fingerprint density at radius 2 is 2.24 bits per heavy atom. The van der Waals surface area contributed by atoms with Gasteiger partial charge in [-0.25, -0.2) is 9.97 Å². The molecule has 1 fully saturated rings. The lowest BCUT2D eigenvalue weighted by atomic mass is 9.80. The molecule has 0 spiro atoms. The Balaban J connectivity index is 1.62. The summed E-state index contributed by atoms with van der Waals surface area (Å²) in [5, 5.41) is 20.7. The molecular weight excluding hydrogens is 268 g/mol. The largest absolute Gasteiger partial charge is 0.393 e. The van der Waals surface area contributed by atoms with Crippen LogP contribution in [-0.4, -0.2) is 35.9 Å². The van der Waals surface area contributed by atoms with E-state index >= 15 is 0 Å². The van der Waals surface area contributed by atoms with E-state index in [1.54, 1.807) is 12.7 Å². The number of anilines is 1. The van der Waals surface area contributed by atoms with Crippen molar-refractivity contribution >= 4 is 5.82 Å². The standard InChI is InChI=1S/C14H20N6O/c1-2-3-20-9-18-19-14(20)7-15-13-6-12(16-8-17-13)10-4-11(21)5-10/h6,8-11,21H,2-5,7H2,1H3,(H,15,16,17). The van der Waals surface area contributed by atoms with Crippen molar-refractivity contribution < 1.29 is 5.11 Å². The number of hydrogen-bond donors (Lipinski definition) is 2. The molecule has 7 heteroatoms. The molecule has 0 atom stereocenters. The molecule has 7 nitrogen and oxygen atoms in total. The van der Waals surface area contributed by atoms with Crippen LogP contribution in [0, 0.1) is 0 Å². The second kappa shape index (κ2) is 6.17. The van der Waals surface area contributed by atoms with Gasteiger partial charge in [0.25, 0.3) is 0 Å².